The number of amides is 1. The van der Waals surface area contributed by atoms with Gasteiger partial charge in [0.15, 0.2) is 0 Å². The lowest BCUT2D eigenvalue weighted by molar-refractivity contribution is 0.0989. The monoisotopic (exact) mass is 293 g/mol. The standard InChI is InChI=1S/C17H12FN3O/c1-21(14-4-2-3-11(7-14)10-19)17(22)16-8-12-5-6-13(18)9-15(12)20-16/h2-9,20H,1H3. The van der Waals surface area contributed by atoms with E-state index in [0.717, 1.165) is 5.39 Å². The number of aromatic nitrogens is 1. The van der Waals surface area contributed by atoms with Crippen molar-refractivity contribution < 1.29 is 9.18 Å². The van der Waals surface area contributed by atoms with Crippen molar-refractivity contribution in [2.24, 2.45) is 0 Å². The van der Waals surface area contributed by atoms with E-state index >= 15 is 0 Å². The van der Waals surface area contributed by atoms with Gasteiger partial charge in [-0.15, -0.1) is 0 Å². The molecule has 108 valence electrons. The van der Waals surface area contributed by atoms with Crippen LogP contribution in [-0.4, -0.2) is 17.9 Å². The summed E-state index contributed by atoms with van der Waals surface area (Å²) in [4.78, 5) is 16.9. The van der Waals surface area contributed by atoms with Gasteiger partial charge in [0.2, 0.25) is 0 Å². The Morgan fingerprint density at radius 2 is 2.05 bits per heavy atom. The van der Waals surface area contributed by atoms with E-state index in [-0.39, 0.29) is 11.7 Å². The average Bonchev–Trinajstić information content (AvgIpc) is 2.96. The van der Waals surface area contributed by atoms with Crippen molar-refractivity contribution >= 4 is 22.5 Å². The largest absolute Gasteiger partial charge is 0.350 e. The van der Waals surface area contributed by atoms with Gasteiger partial charge in [-0.05, 0) is 42.5 Å². The van der Waals surface area contributed by atoms with Gasteiger partial charge in [-0.3, -0.25) is 4.79 Å². The van der Waals surface area contributed by atoms with Gasteiger partial charge in [-0.25, -0.2) is 4.39 Å². The lowest BCUT2D eigenvalue weighted by atomic mass is 10.2. The molecule has 1 aromatic heterocycles. The molecule has 22 heavy (non-hydrogen) atoms. The van der Waals surface area contributed by atoms with E-state index in [4.69, 9.17) is 5.26 Å². The molecule has 1 heterocycles. The number of carbonyl (C=O) groups excluding carboxylic acids is 1. The Labute approximate surface area is 126 Å². The highest BCUT2D eigenvalue weighted by atomic mass is 19.1. The average molecular weight is 293 g/mol. The highest BCUT2D eigenvalue weighted by Gasteiger charge is 2.16. The molecule has 0 saturated carbocycles. The summed E-state index contributed by atoms with van der Waals surface area (Å²) in [6.07, 6.45) is 0. The summed E-state index contributed by atoms with van der Waals surface area (Å²) in [7, 11) is 1.63. The number of nitrogens with zero attached hydrogens (tertiary/aromatic N) is 2. The van der Waals surface area contributed by atoms with Crippen LogP contribution in [0.2, 0.25) is 0 Å². The molecule has 0 spiro atoms. The summed E-state index contributed by atoms with van der Waals surface area (Å²) >= 11 is 0. The summed E-state index contributed by atoms with van der Waals surface area (Å²) in [5, 5.41) is 9.69. The molecule has 5 heteroatoms. The lowest BCUT2D eigenvalue weighted by Crippen LogP contribution is -2.26. The zero-order valence-corrected chi connectivity index (χ0v) is 11.8. The van der Waals surface area contributed by atoms with Crippen LogP contribution >= 0.6 is 0 Å². The molecule has 0 unspecified atom stereocenters. The van der Waals surface area contributed by atoms with Crippen molar-refractivity contribution in [1.82, 2.24) is 4.98 Å². The fourth-order valence-electron chi connectivity index (χ4n) is 2.30. The van der Waals surface area contributed by atoms with E-state index < -0.39 is 0 Å². The van der Waals surface area contributed by atoms with E-state index in [2.05, 4.69) is 4.98 Å². The predicted octanol–water partition coefficient (Wildman–Crippen LogP) is 3.46. The molecular formula is C17H12FN3O. The Balaban J connectivity index is 1.95. The molecule has 0 radical (unpaired) electrons. The maximum atomic E-state index is 13.2. The van der Waals surface area contributed by atoms with Crippen LogP contribution < -0.4 is 4.90 Å². The van der Waals surface area contributed by atoms with Crippen molar-refractivity contribution in [3.8, 4) is 6.07 Å². The first-order valence-electron chi connectivity index (χ1n) is 6.65. The van der Waals surface area contributed by atoms with Gasteiger partial charge in [-0.2, -0.15) is 5.26 Å². The summed E-state index contributed by atoms with van der Waals surface area (Å²) in [6, 6.07) is 14.8. The number of benzene rings is 2. The van der Waals surface area contributed by atoms with Gasteiger partial charge in [0.1, 0.15) is 11.5 Å². The Hall–Kier alpha value is -3.13. The molecule has 1 N–H and O–H groups in total. The van der Waals surface area contributed by atoms with Crippen LogP contribution in [0.25, 0.3) is 10.9 Å². The fraction of sp³-hybridized carbons (Fsp3) is 0.0588. The number of hydrogen-bond donors (Lipinski definition) is 1. The second-order valence-corrected chi connectivity index (χ2v) is 4.94. The van der Waals surface area contributed by atoms with Gasteiger partial charge in [0.05, 0.1) is 11.6 Å². The normalized spacial score (nSPS) is 10.4. The first-order valence-corrected chi connectivity index (χ1v) is 6.65. The van der Waals surface area contributed by atoms with Crippen molar-refractivity contribution in [1.29, 1.82) is 5.26 Å². The predicted molar refractivity (Wildman–Crippen MR) is 82.1 cm³/mol. The van der Waals surface area contributed by atoms with Crippen LogP contribution in [0.1, 0.15) is 16.1 Å². The third-order valence-electron chi connectivity index (χ3n) is 3.48. The number of nitrogens with one attached hydrogen (secondary N) is 1. The minimum atomic E-state index is -0.358. The number of hydrogen-bond acceptors (Lipinski definition) is 2. The Bertz CT molecular complexity index is 908. The third kappa shape index (κ3) is 2.42. The van der Waals surface area contributed by atoms with Crippen LogP contribution in [0.4, 0.5) is 10.1 Å². The Kier molecular flexibility index (Phi) is 3.36. The first kappa shape index (κ1) is 13.8. The molecule has 0 aliphatic heterocycles. The summed E-state index contributed by atoms with van der Waals surface area (Å²) in [6.45, 7) is 0. The van der Waals surface area contributed by atoms with Crippen molar-refractivity contribution in [3.63, 3.8) is 0 Å². The number of carbonyl (C=O) groups is 1. The van der Waals surface area contributed by atoms with E-state index in [1.54, 1.807) is 43.4 Å². The van der Waals surface area contributed by atoms with E-state index in [1.807, 2.05) is 6.07 Å². The highest BCUT2D eigenvalue weighted by Crippen LogP contribution is 2.20. The number of nitriles is 1. The Morgan fingerprint density at radius 1 is 1.23 bits per heavy atom. The molecule has 1 amide bonds. The summed E-state index contributed by atoms with van der Waals surface area (Å²) < 4.78 is 13.2. The lowest BCUT2D eigenvalue weighted by Gasteiger charge is -2.16. The van der Waals surface area contributed by atoms with Crippen LogP contribution in [-0.2, 0) is 0 Å². The zero-order chi connectivity index (χ0) is 15.7. The molecular weight excluding hydrogens is 281 g/mol. The van der Waals surface area contributed by atoms with Crippen molar-refractivity contribution in [3.05, 3.63) is 65.6 Å². The Morgan fingerprint density at radius 3 is 2.82 bits per heavy atom. The van der Waals surface area contributed by atoms with E-state index in [0.29, 0.717) is 22.5 Å². The molecule has 0 fully saturated rings. The zero-order valence-electron chi connectivity index (χ0n) is 11.8. The maximum absolute atomic E-state index is 13.2. The third-order valence-corrected chi connectivity index (χ3v) is 3.48. The van der Waals surface area contributed by atoms with Crippen molar-refractivity contribution in [2.75, 3.05) is 11.9 Å². The van der Waals surface area contributed by atoms with E-state index in [9.17, 15) is 9.18 Å². The second-order valence-electron chi connectivity index (χ2n) is 4.94. The molecule has 0 atom stereocenters. The van der Waals surface area contributed by atoms with Crippen LogP contribution in [0, 0.1) is 17.1 Å². The van der Waals surface area contributed by atoms with Gasteiger partial charge in [0, 0.05) is 23.6 Å². The smallest absolute Gasteiger partial charge is 0.274 e. The van der Waals surface area contributed by atoms with Crippen molar-refractivity contribution in [2.45, 2.75) is 0 Å². The molecule has 3 rings (SSSR count). The summed E-state index contributed by atoms with van der Waals surface area (Å²) in [5.74, 6) is -0.616. The van der Waals surface area contributed by atoms with Gasteiger partial charge >= 0.3 is 0 Å². The summed E-state index contributed by atoms with van der Waals surface area (Å²) in [5.41, 5.74) is 2.04. The highest BCUT2D eigenvalue weighted by molar-refractivity contribution is 6.07. The van der Waals surface area contributed by atoms with Crippen LogP contribution in [0.3, 0.4) is 0 Å². The second kappa shape index (κ2) is 5.34. The SMILES string of the molecule is CN(C(=O)c1cc2ccc(F)cc2[nH]1)c1cccc(C#N)c1. The maximum Gasteiger partial charge on any atom is 0.274 e. The van der Waals surface area contributed by atoms with Gasteiger partial charge in [0.25, 0.3) is 5.91 Å². The first-order chi connectivity index (χ1) is 10.6. The number of fused-ring (bicyclic) bond motifs is 1. The number of rotatable bonds is 2. The van der Waals surface area contributed by atoms with E-state index in [1.165, 1.54) is 17.0 Å². The van der Waals surface area contributed by atoms with Crippen LogP contribution in [0.15, 0.2) is 48.5 Å². The number of H-pyrrole nitrogens is 1. The molecule has 0 aliphatic carbocycles. The molecule has 0 saturated heterocycles. The molecule has 4 nitrogen and oxygen atoms in total. The van der Waals surface area contributed by atoms with Gasteiger partial charge < -0.3 is 9.88 Å². The minimum Gasteiger partial charge on any atom is -0.350 e. The number of anilines is 1. The van der Waals surface area contributed by atoms with Crippen LogP contribution in [0.5, 0.6) is 0 Å². The molecule has 0 bridgehead atoms. The van der Waals surface area contributed by atoms with Gasteiger partial charge in [-0.1, -0.05) is 6.07 Å². The minimum absolute atomic E-state index is 0.258. The molecule has 2 aromatic carbocycles. The molecule has 0 aliphatic rings. The quantitative estimate of drug-likeness (QED) is 0.786. The number of halogens is 1. The number of aromatic amines is 1. The topological polar surface area (TPSA) is 59.9 Å². The molecule has 3 aromatic rings. The fourth-order valence-corrected chi connectivity index (χ4v) is 2.30.